The fourth-order valence-electron chi connectivity index (χ4n) is 2.43. The molecule has 1 heterocycles. The monoisotopic (exact) mass is 203 g/mol. The first-order valence-electron chi connectivity index (χ1n) is 6.11. The standard InChI is InChI=1S/C14H21N/c1-3-4-9-15-10-8-14-12(2)6-5-7-13(14)11-15/h5-7H,3-4,8-11H2,1-2H3. The normalized spacial score (nSPS) is 16.4. The molecule has 0 bridgehead atoms. The van der Waals surface area contributed by atoms with E-state index in [4.69, 9.17) is 0 Å². The van der Waals surface area contributed by atoms with E-state index in [1.54, 1.807) is 11.1 Å². The van der Waals surface area contributed by atoms with Crippen molar-refractivity contribution >= 4 is 0 Å². The SMILES string of the molecule is CCCCN1CCc2c(C)cccc2C1. The zero-order valence-electron chi connectivity index (χ0n) is 9.92. The molecule has 0 saturated heterocycles. The van der Waals surface area contributed by atoms with Crippen molar-refractivity contribution < 1.29 is 0 Å². The molecule has 0 N–H and O–H groups in total. The molecule has 1 aliphatic heterocycles. The van der Waals surface area contributed by atoms with Crippen LogP contribution in [0.15, 0.2) is 18.2 Å². The van der Waals surface area contributed by atoms with E-state index in [-0.39, 0.29) is 0 Å². The van der Waals surface area contributed by atoms with E-state index in [1.165, 1.54) is 37.9 Å². The lowest BCUT2D eigenvalue weighted by molar-refractivity contribution is 0.250. The van der Waals surface area contributed by atoms with Gasteiger partial charge in [-0.05, 0) is 43.0 Å². The maximum atomic E-state index is 2.59. The molecule has 2 rings (SSSR count). The Hall–Kier alpha value is -0.820. The van der Waals surface area contributed by atoms with Crippen LogP contribution in [-0.2, 0) is 13.0 Å². The van der Waals surface area contributed by atoms with Gasteiger partial charge in [0.1, 0.15) is 0 Å². The molecule has 0 spiro atoms. The molecule has 1 nitrogen and oxygen atoms in total. The quantitative estimate of drug-likeness (QED) is 0.729. The fourth-order valence-corrected chi connectivity index (χ4v) is 2.43. The zero-order chi connectivity index (χ0) is 10.7. The van der Waals surface area contributed by atoms with Crippen LogP contribution in [0.5, 0.6) is 0 Å². The molecule has 1 aliphatic rings. The Morgan fingerprint density at radius 2 is 2.20 bits per heavy atom. The van der Waals surface area contributed by atoms with Crippen molar-refractivity contribution in [1.29, 1.82) is 0 Å². The van der Waals surface area contributed by atoms with Crippen molar-refractivity contribution in [2.75, 3.05) is 13.1 Å². The van der Waals surface area contributed by atoms with E-state index in [0.29, 0.717) is 0 Å². The summed E-state index contributed by atoms with van der Waals surface area (Å²) >= 11 is 0. The fraction of sp³-hybridized carbons (Fsp3) is 0.571. The summed E-state index contributed by atoms with van der Waals surface area (Å²) < 4.78 is 0. The van der Waals surface area contributed by atoms with E-state index in [2.05, 4.69) is 36.9 Å². The average Bonchev–Trinajstić information content (AvgIpc) is 2.26. The second kappa shape index (κ2) is 4.80. The van der Waals surface area contributed by atoms with Crippen molar-refractivity contribution in [3.8, 4) is 0 Å². The van der Waals surface area contributed by atoms with Crippen LogP contribution in [0.3, 0.4) is 0 Å². The second-order valence-corrected chi connectivity index (χ2v) is 4.59. The lowest BCUT2D eigenvalue weighted by Gasteiger charge is -2.29. The lowest BCUT2D eigenvalue weighted by atomic mass is 9.95. The molecule has 82 valence electrons. The average molecular weight is 203 g/mol. The third-order valence-corrected chi connectivity index (χ3v) is 3.41. The Morgan fingerprint density at radius 3 is 3.00 bits per heavy atom. The van der Waals surface area contributed by atoms with Gasteiger partial charge in [-0.3, -0.25) is 4.90 Å². The van der Waals surface area contributed by atoms with Crippen LogP contribution in [0.1, 0.15) is 36.5 Å². The van der Waals surface area contributed by atoms with E-state index >= 15 is 0 Å². The van der Waals surface area contributed by atoms with Crippen molar-refractivity contribution in [2.24, 2.45) is 0 Å². The van der Waals surface area contributed by atoms with Crippen molar-refractivity contribution in [3.63, 3.8) is 0 Å². The van der Waals surface area contributed by atoms with Crippen molar-refractivity contribution in [1.82, 2.24) is 4.90 Å². The molecule has 1 aromatic rings. The summed E-state index contributed by atoms with van der Waals surface area (Å²) in [4.78, 5) is 2.59. The molecule has 1 heteroatoms. The molecular weight excluding hydrogens is 182 g/mol. The van der Waals surface area contributed by atoms with E-state index in [1.807, 2.05) is 0 Å². The first-order valence-corrected chi connectivity index (χ1v) is 6.11. The van der Waals surface area contributed by atoms with Gasteiger partial charge in [-0.25, -0.2) is 0 Å². The molecule has 1 aromatic carbocycles. The van der Waals surface area contributed by atoms with Crippen LogP contribution >= 0.6 is 0 Å². The van der Waals surface area contributed by atoms with Crippen LogP contribution in [0.4, 0.5) is 0 Å². The van der Waals surface area contributed by atoms with E-state index in [0.717, 1.165) is 6.54 Å². The smallest absolute Gasteiger partial charge is 0.0236 e. The van der Waals surface area contributed by atoms with Gasteiger partial charge >= 0.3 is 0 Å². The summed E-state index contributed by atoms with van der Waals surface area (Å²) in [7, 11) is 0. The molecule has 0 unspecified atom stereocenters. The molecule has 0 aromatic heterocycles. The Balaban J connectivity index is 2.07. The highest BCUT2D eigenvalue weighted by Gasteiger charge is 2.16. The minimum Gasteiger partial charge on any atom is -0.299 e. The maximum absolute atomic E-state index is 2.59. The first-order chi connectivity index (χ1) is 7.31. The number of unbranched alkanes of at least 4 members (excludes halogenated alkanes) is 1. The third kappa shape index (κ3) is 2.40. The minimum atomic E-state index is 1.16. The van der Waals surface area contributed by atoms with Gasteiger partial charge < -0.3 is 0 Å². The molecule has 0 radical (unpaired) electrons. The van der Waals surface area contributed by atoms with Crippen LogP contribution in [-0.4, -0.2) is 18.0 Å². The highest BCUT2D eigenvalue weighted by molar-refractivity contribution is 5.36. The maximum Gasteiger partial charge on any atom is 0.0236 e. The topological polar surface area (TPSA) is 3.24 Å². The summed E-state index contributed by atoms with van der Waals surface area (Å²) in [5.74, 6) is 0. The number of fused-ring (bicyclic) bond motifs is 1. The number of hydrogen-bond donors (Lipinski definition) is 0. The summed E-state index contributed by atoms with van der Waals surface area (Å²) in [6.45, 7) is 8.18. The van der Waals surface area contributed by atoms with Gasteiger partial charge in [0.05, 0.1) is 0 Å². The number of rotatable bonds is 3. The first kappa shape index (κ1) is 10.7. The summed E-state index contributed by atoms with van der Waals surface area (Å²) in [5.41, 5.74) is 4.63. The van der Waals surface area contributed by atoms with Gasteiger partial charge in [-0.1, -0.05) is 31.5 Å². The number of nitrogens with zero attached hydrogens (tertiary/aromatic N) is 1. The van der Waals surface area contributed by atoms with Gasteiger partial charge in [-0.2, -0.15) is 0 Å². The number of benzene rings is 1. The van der Waals surface area contributed by atoms with Crippen LogP contribution in [0.2, 0.25) is 0 Å². The molecule has 0 fully saturated rings. The van der Waals surface area contributed by atoms with Gasteiger partial charge in [0, 0.05) is 13.1 Å². The van der Waals surface area contributed by atoms with Crippen molar-refractivity contribution in [3.05, 3.63) is 34.9 Å². The summed E-state index contributed by atoms with van der Waals surface area (Å²) in [6, 6.07) is 6.72. The van der Waals surface area contributed by atoms with E-state index in [9.17, 15) is 0 Å². The second-order valence-electron chi connectivity index (χ2n) is 4.59. The van der Waals surface area contributed by atoms with Gasteiger partial charge in [-0.15, -0.1) is 0 Å². The molecule has 0 aliphatic carbocycles. The Labute approximate surface area is 93.1 Å². The minimum absolute atomic E-state index is 1.16. The Kier molecular flexibility index (Phi) is 3.42. The Bertz CT molecular complexity index is 330. The molecular formula is C14H21N. The highest BCUT2D eigenvalue weighted by atomic mass is 15.1. The van der Waals surface area contributed by atoms with Gasteiger partial charge in [0.25, 0.3) is 0 Å². The predicted octanol–water partition coefficient (Wildman–Crippen LogP) is 3.15. The van der Waals surface area contributed by atoms with Gasteiger partial charge in [0.2, 0.25) is 0 Å². The van der Waals surface area contributed by atoms with Crippen LogP contribution in [0.25, 0.3) is 0 Å². The van der Waals surface area contributed by atoms with Gasteiger partial charge in [0.15, 0.2) is 0 Å². The Morgan fingerprint density at radius 1 is 1.33 bits per heavy atom. The summed E-state index contributed by atoms with van der Waals surface area (Å²) in [6.07, 6.45) is 3.88. The largest absolute Gasteiger partial charge is 0.299 e. The molecule has 0 amide bonds. The van der Waals surface area contributed by atoms with Crippen LogP contribution < -0.4 is 0 Å². The number of hydrogen-bond acceptors (Lipinski definition) is 1. The van der Waals surface area contributed by atoms with Crippen LogP contribution in [0, 0.1) is 6.92 Å². The van der Waals surface area contributed by atoms with Crippen molar-refractivity contribution in [2.45, 2.75) is 39.7 Å². The predicted molar refractivity (Wildman–Crippen MR) is 65.1 cm³/mol. The van der Waals surface area contributed by atoms with E-state index < -0.39 is 0 Å². The molecule has 15 heavy (non-hydrogen) atoms. The highest BCUT2D eigenvalue weighted by Crippen LogP contribution is 2.21. The number of aryl methyl sites for hydroxylation is 1. The molecule has 0 atom stereocenters. The zero-order valence-corrected chi connectivity index (χ0v) is 9.92. The summed E-state index contributed by atoms with van der Waals surface area (Å²) in [5, 5.41) is 0. The third-order valence-electron chi connectivity index (χ3n) is 3.41. The lowest BCUT2D eigenvalue weighted by Crippen LogP contribution is -2.31. The molecule has 0 saturated carbocycles.